The highest BCUT2D eigenvalue weighted by molar-refractivity contribution is 5.42. The van der Waals surface area contributed by atoms with E-state index in [-0.39, 0.29) is 6.10 Å². The second kappa shape index (κ2) is 4.42. The molecule has 0 bridgehead atoms. The van der Waals surface area contributed by atoms with E-state index in [2.05, 4.69) is 20.9 Å². The van der Waals surface area contributed by atoms with E-state index in [0.29, 0.717) is 11.3 Å². The zero-order valence-electron chi connectivity index (χ0n) is 12.2. The fourth-order valence-electron chi connectivity index (χ4n) is 3.88. The van der Waals surface area contributed by atoms with Gasteiger partial charge < -0.3 is 10.0 Å². The number of nitrogens with zero attached hydrogens (tertiary/aromatic N) is 3. The Morgan fingerprint density at radius 3 is 2.50 bits per heavy atom. The molecule has 0 radical (unpaired) electrons. The average molecular weight is 273 g/mol. The Hall–Kier alpha value is -1.16. The molecule has 1 aromatic heterocycles. The molecule has 2 heterocycles. The van der Waals surface area contributed by atoms with Gasteiger partial charge in [0.2, 0.25) is 0 Å². The van der Waals surface area contributed by atoms with Gasteiger partial charge in [0.05, 0.1) is 6.10 Å². The second-order valence-corrected chi connectivity index (χ2v) is 7.02. The molecule has 0 atom stereocenters. The summed E-state index contributed by atoms with van der Waals surface area (Å²) in [6.07, 6.45) is 6.96. The summed E-state index contributed by atoms with van der Waals surface area (Å²) in [4.78, 5) is 11.6. The van der Waals surface area contributed by atoms with Gasteiger partial charge in [-0.05, 0) is 50.9 Å². The van der Waals surface area contributed by atoms with E-state index in [9.17, 15) is 5.11 Å². The number of anilines is 1. The molecule has 2 aliphatic carbocycles. The molecule has 2 saturated carbocycles. The number of hydrogen-bond donors (Lipinski definition) is 1. The van der Waals surface area contributed by atoms with Crippen LogP contribution in [0.1, 0.15) is 56.0 Å². The topological polar surface area (TPSA) is 49.2 Å². The highest BCUT2D eigenvalue weighted by Gasteiger charge is 2.45. The van der Waals surface area contributed by atoms with Gasteiger partial charge in [-0.15, -0.1) is 0 Å². The Morgan fingerprint density at radius 1 is 1.20 bits per heavy atom. The molecular formula is C16H23N3O. The fourth-order valence-corrected chi connectivity index (χ4v) is 3.88. The molecule has 0 amide bonds. The highest BCUT2D eigenvalue weighted by atomic mass is 16.3. The molecule has 3 aliphatic rings. The van der Waals surface area contributed by atoms with Crippen molar-refractivity contribution in [3.8, 4) is 0 Å². The molecule has 4 heteroatoms. The van der Waals surface area contributed by atoms with E-state index in [0.717, 1.165) is 37.6 Å². The van der Waals surface area contributed by atoms with Crippen molar-refractivity contribution in [2.75, 3.05) is 18.0 Å². The van der Waals surface area contributed by atoms with Gasteiger partial charge in [0.25, 0.3) is 0 Å². The molecule has 3 fully saturated rings. The average Bonchev–Trinajstić information content (AvgIpc) is 3.21. The Balaban J connectivity index is 1.48. The van der Waals surface area contributed by atoms with E-state index in [4.69, 9.17) is 0 Å². The maximum Gasteiger partial charge on any atom is 0.132 e. The molecule has 1 aromatic rings. The zero-order chi connectivity index (χ0) is 13.7. The second-order valence-electron chi connectivity index (χ2n) is 7.02. The minimum atomic E-state index is -0.0377. The third kappa shape index (κ3) is 2.20. The maximum atomic E-state index is 9.55. The van der Waals surface area contributed by atoms with Crippen molar-refractivity contribution in [1.82, 2.24) is 9.97 Å². The minimum Gasteiger partial charge on any atom is -0.393 e. The number of piperidine rings is 1. The van der Waals surface area contributed by atoms with Crippen LogP contribution in [-0.4, -0.2) is 34.3 Å². The van der Waals surface area contributed by atoms with Gasteiger partial charge in [-0.3, -0.25) is 0 Å². The number of aromatic nitrogens is 2. The molecule has 20 heavy (non-hydrogen) atoms. The number of hydrogen-bond acceptors (Lipinski definition) is 4. The molecule has 1 aliphatic heterocycles. The van der Waals surface area contributed by atoms with Crippen LogP contribution in [0, 0.1) is 12.3 Å². The summed E-state index contributed by atoms with van der Waals surface area (Å²) in [6.45, 7) is 4.16. The quantitative estimate of drug-likeness (QED) is 0.899. The number of rotatable bonds is 2. The van der Waals surface area contributed by atoms with Crippen LogP contribution >= 0.6 is 0 Å². The van der Waals surface area contributed by atoms with Crippen LogP contribution in [0.3, 0.4) is 0 Å². The van der Waals surface area contributed by atoms with Crippen molar-refractivity contribution in [2.45, 2.75) is 57.5 Å². The smallest absolute Gasteiger partial charge is 0.132 e. The number of aliphatic hydroxyl groups excluding tert-OH is 1. The standard InChI is InChI=1S/C16H23N3O/c1-11-17-14(12-2-3-12)8-15(18-11)19-6-4-16(5-7-19)9-13(20)10-16/h8,12-13,20H,2-7,9-10H2,1H3. The summed E-state index contributed by atoms with van der Waals surface area (Å²) in [5, 5.41) is 9.55. The molecule has 4 nitrogen and oxygen atoms in total. The van der Waals surface area contributed by atoms with Gasteiger partial charge in [-0.25, -0.2) is 9.97 Å². The molecule has 4 rings (SSSR count). The van der Waals surface area contributed by atoms with Crippen LogP contribution in [0.15, 0.2) is 6.07 Å². The molecular weight excluding hydrogens is 250 g/mol. The molecule has 108 valence electrons. The SMILES string of the molecule is Cc1nc(C2CC2)cc(N2CCC3(CC2)CC(O)C3)n1. The monoisotopic (exact) mass is 273 g/mol. The van der Waals surface area contributed by atoms with Gasteiger partial charge in [0.15, 0.2) is 0 Å². The maximum absolute atomic E-state index is 9.55. The number of aliphatic hydroxyl groups is 1. The van der Waals surface area contributed by atoms with Crippen molar-refractivity contribution >= 4 is 5.82 Å². The summed E-state index contributed by atoms with van der Waals surface area (Å²) in [7, 11) is 0. The third-order valence-corrected chi connectivity index (χ3v) is 5.33. The lowest BCUT2D eigenvalue weighted by atomic mass is 9.61. The van der Waals surface area contributed by atoms with Gasteiger partial charge in [0, 0.05) is 30.8 Å². The van der Waals surface area contributed by atoms with Crippen molar-refractivity contribution in [1.29, 1.82) is 0 Å². The van der Waals surface area contributed by atoms with Crippen LogP contribution in [-0.2, 0) is 0 Å². The number of aryl methyl sites for hydroxylation is 1. The van der Waals surface area contributed by atoms with Crippen molar-refractivity contribution in [3.05, 3.63) is 17.6 Å². The van der Waals surface area contributed by atoms with E-state index in [1.54, 1.807) is 0 Å². The highest BCUT2D eigenvalue weighted by Crippen LogP contribution is 2.49. The Labute approximate surface area is 120 Å². The van der Waals surface area contributed by atoms with Gasteiger partial charge in [-0.1, -0.05) is 0 Å². The van der Waals surface area contributed by atoms with Crippen LogP contribution in [0.4, 0.5) is 5.82 Å². The summed E-state index contributed by atoms with van der Waals surface area (Å²) < 4.78 is 0. The first kappa shape index (κ1) is 12.6. The molecule has 1 N–H and O–H groups in total. The Bertz CT molecular complexity index is 510. The summed E-state index contributed by atoms with van der Waals surface area (Å²) in [5.41, 5.74) is 1.68. The predicted molar refractivity (Wildman–Crippen MR) is 77.9 cm³/mol. The van der Waals surface area contributed by atoms with E-state index < -0.39 is 0 Å². The lowest BCUT2D eigenvalue weighted by Crippen LogP contribution is -2.49. The van der Waals surface area contributed by atoms with Crippen LogP contribution in [0.5, 0.6) is 0 Å². The van der Waals surface area contributed by atoms with Crippen LogP contribution in [0.2, 0.25) is 0 Å². The lowest BCUT2D eigenvalue weighted by molar-refractivity contribution is -0.0464. The summed E-state index contributed by atoms with van der Waals surface area (Å²) in [6, 6.07) is 2.21. The van der Waals surface area contributed by atoms with Crippen LogP contribution < -0.4 is 4.90 Å². The molecule has 0 unspecified atom stereocenters. The van der Waals surface area contributed by atoms with Gasteiger partial charge in [0.1, 0.15) is 11.6 Å². The van der Waals surface area contributed by atoms with Crippen LogP contribution in [0.25, 0.3) is 0 Å². The third-order valence-electron chi connectivity index (χ3n) is 5.33. The Morgan fingerprint density at radius 2 is 1.90 bits per heavy atom. The van der Waals surface area contributed by atoms with Crippen molar-refractivity contribution < 1.29 is 5.11 Å². The first-order valence-corrected chi connectivity index (χ1v) is 7.92. The Kier molecular flexibility index (Phi) is 2.78. The van der Waals surface area contributed by atoms with E-state index in [1.165, 1.54) is 31.4 Å². The fraction of sp³-hybridized carbons (Fsp3) is 0.750. The molecule has 0 aromatic carbocycles. The minimum absolute atomic E-state index is 0.0377. The van der Waals surface area contributed by atoms with Gasteiger partial charge in [-0.2, -0.15) is 0 Å². The lowest BCUT2D eigenvalue weighted by Gasteiger charge is -2.50. The molecule has 1 spiro atoms. The van der Waals surface area contributed by atoms with Crippen molar-refractivity contribution in [2.24, 2.45) is 5.41 Å². The van der Waals surface area contributed by atoms with Gasteiger partial charge >= 0.3 is 0 Å². The van der Waals surface area contributed by atoms with Crippen molar-refractivity contribution in [3.63, 3.8) is 0 Å². The normalized spacial score (nSPS) is 25.8. The molecule has 1 saturated heterocycles. The van der Waals surface area contributed by atoms with E-state index in [1.807, 2.05) is 6.92 Å². The predicted octanol–water partition coefficient (Wildman–Crippen LogP) is 2.40. The van der Waals surface area contributed by atoms with E-state index >= 15 is 0 Å². The zero-order valence-corrected chi connectivity index (χ0v) is 12.2. The summed E-state index contributed by atoms with van der Waals surface area (Å²) >= 11 is 0. The summed E-state index contributed by atoms with van der Waals surface area (Å²) in [5.74, 6) is 2.71. The first-order valence-electron chi connectivity index (χ1n) is 7.92. The largest absolute Gasteiger partial charge is 0.393 e. The first-order chi connectivity index (χ1) is 9.63.